The second kappa shape index (κ2) is 6.08. The minimum absolute atomic E-state index is 0.0105. The lowest BCUT2D eigenvalue weighted by Gasteiger charge is -2.48. The van der Waals surface area contributed by atoms with Crippen LogP contribution in [0, 0.1) is 11.8 Å². The summed E-state index contributed by atoms with van der Waals surface area (Å²) in [5.41, 5.74) is 0.518. The molecule has 4 nitrogen and oxygen atoms in total. The molecule has 0 aromatic heterocycles. The molecule has 0 radical (unpaired) electrons. The van der Waals surface area contributed by atoms with Gasteiger partial charge in [0.1, 0.15) is 0 Å². The molecule has 27 heavy (non-hydrogen) atoms. The summed E-state index contributed by atoms with van der Waals surface area (Å²) in [4.78, 5) is 28.6. The molecule has 1 saturated heterocycles. The highest BCUT2D eigenvalue weighted by atomic mass is 16.6. The van der Waals surface area contributed by atoms with Gasteiger partial charge in [-0.1, -0.05) is 60.7 Å². The number of allylic oxidation sites excluding steroid dienone is 1. The normalized spacial score (nSPS) is 31.3. The van der Waals surface area contributed by atoms with Gasteiger partial charge in [0.2, 0.25) is 6.23 Å². The van der Waals surface area contributed by atoms with Crippen molar-refractivity contribution >= 4 is 11.9 Å². The van der Waals surface area contributed by atoms with Crippen LogP contribution in [0.3, 0.4) is 0 Å². The topological polar surface area (TPSA) is 46.6 Å². The number of amides is 1. The highest BCUT2D eigenvalue weighted by molar-refractivity contribution is 6.00. The molecule has 2 bridgehead atoms. The lowest BCUT2D eigenvalue weighted by atomic mass is 9.63. The molecular formula is C23H21NO3. The first kappa shape index (κ1) is 16.3. The Kier molecular flexibility index (Phi) is 3.67. The van der Waals surface area contributed by atoms with Crippen LogP contribution in [0.25, 0.3) is 0 Å². The van der Waals surface area contributed by atoms with E-state index >= 15 is 0 Å². The molecule has 1 heterocycles. The molecule has 2 aromatic carbocycles. The molecule has 6 rings (SSSR count). The van der Waals surface area contributed by atoms with E-state index in [4.69, 9.17) is 4.74 Å². The number of nitrogens with zero attached hydrogens (tertiary/aromatic N) is 1. The standard InChI is InChI=1S/C23H21NO3/c25-20(17-7-3-1-4-8-17)24-21(18-9-5-2-6-10-18)27-22(26)23(24)15-16-11-13-19(23)14-12-16/h1-11,13,16,19,21H,12,14-15H2/t16-,19+,21+,23-/m0/s1. The average molecular weight is 359 g/mol. The number of benzene rings is 2. The van der Waals surface area contributed by atoms with Crippen LogP contribution in [0.5, 0.6) is 0 Å². The van der Waals surface area contributed by atoms with Crippen molar-refractivity contribution in [3.63, 3.8) is 0 Å². The van der Waals surface area contributed by atoms with E-state index in [1.165, 1.54) is 0 Å². The van der Waals surface area contributed by atoms with Gasteiger partial charge >= 0.3 is 5.97 Å². The number of cyclic esters (lactones) is 1. The fraction of sp³-hybridized carbons (Fsp3) is 0.304. The summed E-state index contributed by atoms with van der Waals surface area (Å²) in [6.45, 7) is 0. The highest BCUT2D eigenvalue weighted by Gasteiger charge is 2.64. The van der Waals surface area contributed by atoms with E-state index in [-0.39, 0.29) is 17.8 Å². The highest BCUT2D eigenvalue weighted by Crippen LogP contribution is 2.54. The maximum absolute atomic E-state index is 13.6. The summed E-state index contributed by atoms with van der Waals surface area (Å²) in [5, 5.41) is 0. The van der Waals surface area contributed by atoms with Crippen LogP contribution in [-0.2, 0) is 9.53 Å². The minimum atomic E-state index is -0.898. The lowest BCUT2D eigenvalue weighted by molar-refractivity contribution is -0.148. The second-order valence-electron chi connectivity index (χ2n) is 7.67. The Morgan fingerprint density at radius 3 is 2.26 bits per heavy atom. The van der Waals surface area contributed by atoms with Crippen molar-refractivity contribution in [3.05, 3.63) is 83.9 Å². The Morgan fingerprint density at radius 2 is 1.67 bits per heavy atom. The predicted molar refractivity (Wildman–Crippen MR) is 101 cm³/mol. The molecule has 1 aliphatic heterocycles. The first-order chi connectivity index (χ1) is 13.2. The van der Waals surface area contributed by atoms with Crippen LogP contribution in [0.1, 0.15) is 41.4 Å². The van der Waals surface area contributed by atoms with Crippen molar-refractivity contribution in [2.75, 3.05) is 0 Å². The zero-order valence-electron chi connectivity index (χ0n) is 15.0. The first-order valence-corrected chi connectivity index (χ1v) is 9.53. The second-order valence-corrected chi connectivity index (χ2v) is 7.67. The van der Waals surface area contributed by atoms with Gasteiger partial charge in [-0.05, 0) is 37.3 Å². The molecule has 2 fully saturated rings. The van der Waals surface area contributed by atoms with Gasteiger partial charge in [-0.25, -0.2) is 4.79 Å². The summed E-state index contributed by atoms with van der Waals surface area (Å²) in [7, 11) is 0. The van der Waals surface area contributed by atoms with Crippen LogP contribution in [0.2, 0.25) is 0 Å². The van der Waals surface area contributed by atoms with E-state index in [0.29, 0.717) is 17.9 Å². The van der Waals surface area contributed by atoms with Crippen LogP contribution in [0.15, 0.2) is 72.8 Å². The van der Waals surface area contributed by atoms with E-state index in [1.807, 2.05) is 48.5 Å². The summed E-state index contributed by atoms with van der Waals surface area (Å²) >= 11 is 0. The van der Waals surface area contributed by atoms with E-state index in [0.717, 1.165) is 18.4 Å². The van der Waals surface area contributed by atoms with Crippen molar-refractivity contribution in [1.82, 2.24) is 4.90 Å². The molecule has 136 valence electrons. The number of ether oxygens (including phenoxy) is 1. The van der Waals surface area contributed by atoms with Gasteiger partial charge in [0.05, 0.1) is 0 Å². The molecule has 2 aromatic rings. The molecule has 1 saturated carbocycles. The molecule has 3 aliphatic carbocycles. The largest absolute Gasteiger partial charge is 0.435 e. The smallest absolute Gasteiger partial charge is 0.335 e. The Hall–Kier alpha value is -2.88. The SMILES string of the molecule is O=C(c1ccccc1)N1[C@@H](c2ccccc2)OC(=O)[C@@]12C[C@H]1C=C[C@@H]2CC1. The Bertz CT molecular complexity index is 908. The van der Waals surface area contributed by atoms with Crippen molar-refractivity contribution in [1.29, 1.82) is 0 Å². The number of hydrogen-bond acceptors (Lipinski definition) is 3. The Morgan fingerprint density at radius 1 is 0.963 bits per heavy atom. The van der Waals surface area contributed by atoms with Gasteiger partial charge in [0.15, 0.2) is 5.54 Å². The van der Waals surface area contributed by atoms with Gasteiger partial charge in [-0.15, -0.1) is 0 Å². The van der Waals surface area contributed by atoms with Gasteiger partial charge in [-0.3, -0.25) is 9.69 Å². The van der Waals surface area contributed by atoms with Gasteiger partial charge < -0.3 is 4.74 Å². The van der Waals surface area contributed by atoms with Crippen LogP contribution >= 0.6 is 0 Å². The molecule has 0 N–H and O–H groups in total. The van der Waals surface area contributed by atoms with Crippen molar-refractivity contribution in [2.24, 2.45) is 11.8 Å². The molecule has 4 aliphatic rings. The van der Waals surface area contributed by atoms with E-state index in [2.05, 4.69) is 12.2 Å². The Labute approximate surface area is 158 Å². The van der Waals surface area contributed by atoms with Crippen LogP contribution in [0.4, 0.5) is 0 Å². The average Bonchev–Trinajstić information content (AvgIpc) is 3.01. The number of hydrogen-bond donors (Lipinski definition) is 0. The molecule has 1 spiro atoms. The zero-order valence-corrected chi connectivity index (χ0v) is 15.0. The van der Waals surface area contributed by atoms with Crippen molar-refractivity contribution in [3.8, 4) is 0 Å². The fourth-order valence-corrected chi connectivity index (χ4v) is 4.91. The molecule has 4 heteroatoms. The number of esters is 1. The quantitative estimate of drug-likeness (QED) is 0.599. The van der Waals surface area contributed by atoms with Crippen molar-refractivity contribution in [2.45, 2.75) is 31.0 Å². The first-order valence-electron chi connectivity index (χ1n) is 9.53. The lowest BCUT2D eigenvalue weighted by Crippen LogP contribution is -2.60. The number of carbonyl (C=O) groups is 2. The summed E-state index contributed by atoms with van der Waals surface area (Å²) in [5.74, 6) is -0.0736. The minimum Gasteiger partial charge on any atom is -0.435 e. The maximum Gasteiger partial charge on any atom is 0.335 e. The van der Waals surface area contributed by atoms with Gasteiger partial charge in [0.25, 0.3) is 5.91 Å². The predicted octanol–water partition coefficient (Wildman–Crippen LogP) is 4.11. The molecule has 0 unspecified atom stereocenters. The number of rotatable bonds is 2. The molecular weight excluding hydrogens is 338 g/mol. The third-order valence-electron chi connectivity index (χ3n) is 6.21. The third-order valence-corrected chi connectivity index (χ3v) is 6.21. The van der Waals surface area contributed by atoms with E-state index in [9.17, 15) is 9.59 Å². The monoisotopic (exact) mass is 359 g/mol. The van der Waals surface area contributed by atoms with Gasteiger partial charge in [-0.2, -0.15) is 0 Å². The number of fused-ring (bicyclic) bond motifs is 1. The maximum atomic E-state index is 13.6. The summed E-state index contributed by atoms with van der Waals surface area (Å²) < 4.78 is 5.88. The molecule has 4 atom stereocenters. The third kappa shape index (κ3) is 2.36. The van der Waals surface area contributed by atoms with E-state index < -0.39 is 11.8 Å². The molecule has 1 amide bonds. The fourth-order valence-electron chi connectivity index (χ4n) is 4.91. The van der Waals surface area contributed by atoms with Crippen molar-refractivity contribution < 1.29 is 14.3 Å². The number of carbonyl (C=O) groups excluding carboxylic acids is 2. The zero-order chi connectivity index (χ0) is 18.4. The van der Waals surface area contributed by atoms with Crippen LogP contribution < -0.4 is 0 Å². The summed E-state index contributed by atoms with van der Waals surface area (Å²) in [6, 6.07) is 18.8. The van der Waals surface area contributed by atoms with E-state index in [1.54, 1.807) is 17.0 Å². The summed E-state index contributed by atoms with van der Waals surface area (Å²) in [6.07, 6.45) is 6.27. The van der Waals surface area contributed by atoms with Gasteiger partial charge in [0, 0.05) is 17.0 Å². The van der Waals surface area contributed by atoms with Crippen LogP contribution in [-0.4, -0.2) is 22.3 Å². The Balaban J connectivity index is 1.65.